The summed E-state index contributed by atoms with van der Waals surface area (Å²) in [4.78, 5) is 22.1. The van der Waals surface area contributed by atoms with E-state index in [2.05, 4.69) is 15.0 Å². The number of hydrogen-bond acceptors (Lipinski definition) is 3. The minimum absolute atomic E-state index is 0.0584. The van der Waals surface area contributed by atoms with E-state index in [1.54, 1.807) is 12.4 Å². The van der Waals surface area contributed by atoms with E-state index >= 15 is 0 Å². The van der Waals surface area contributed by atoms with Crippen molar-refractivity contribution in [1.29, 1.82) is 0 Å². The molecule has 0 fully saturated rings. The molecule has 0 radical (unpaired) electrons. The van der Waals surface area contributed by atoms with Gasteiger partial charge in [0.15, 0.2) is 5.82 Å². The van der Waals surface area contributed by atoms with Crippen LogP contribution in [-0.2, 0) is 11.2 Å². The second-order valence-electron chi connectivity index (χ2n) is 4.27. The highest BCUT2D eigenvalue weighted by Crippen LogP contribution is 2.20. The lowest BCUT2D eigenvalue weighted by Crippen LogP contribution is -2.01. The molecule has 2 aromatic heterocycles. The number of carbonyl (C=O) groups is 1. The third-order valence-electron chi connectivity index (χ3n) is 2.87. The molecule has 2 heterocycles. The molecule has 0 unspecified atom stereocenters. The molecule has 0 aliphatic carbocycles. The molecule has 5 heteroatoms. The van der Waals surface area contributed by atoms with Crippen LogP contribution in [0.5, 0.6) is 0 Å². The van der Waals surface area contributed by atoms with Gasteiger partial charge in [0.2, 0.25) is 0 Å². The fraction of sp³-hybridized carbons (Fsp3) is 0.0714. The molecular weight excluding hydrogens is 242 g/mol. The zero-order valence-electron chi connectivity index (χ0n) is 10.00. The van der Waals surface area contributed by atoms with Crippen LogP contribution in [0.4, 0.5) is 0 Å². The van der Waals surface area contributed by atoms with Gasteiger partial charge in [0.25, 0.3) is 0 Å². The summed E-state index contributed by atoms with van der Waals surface area (Å²) in [5.74, 6) is -0.290. The van der Waals surface area contributed by atoms with E-state index in [0.29, 0.717) is 11.4 Å². The molecule has 0 amide bonds. The number of aliphatic carboxylic acids is 1. The van der Waals surface area contributed by atoms with Crippen LogP contribution < -0.4 is 0 Å². The standard InChI is InChI=1S/C14H11N3O2/c18-13(19)5-9-7-16-14(17-8-9)11-1-2-12-10(6-11)3-4-15-12/h1-4,6-8,15H,5H2,(H,18,19). The van der Waals surface area contributed by atoms with Gasteiger partial charge in [-0.05, 0) is 29.8 Å². The van der Waals surface area contributed by atoms with Crippen molar-refractivity contribution in [2.45, 2.75) is 6.42 Å². The Bertz CT molecular complexity index is 732. The van der Waals surface area contributed by atoms with Crippen molar-refractivity contribution < 1.29 is 9.90 Å². The maximum absolute atomic E-state index is 10.6. The van der Waals surface area contributed by atoms with Crippen LogP contribution in [-0.4, -0.2) is 26.0 Å². The highest BCUT2D eigenvalue weighted by atomic mass is 16.4. The zero-order valence-corrected chi connectivity index (χ0v) is 10.00. The lowest BCUT2D eigenvalue weighted by molar-refractivity contribution is -0.136. The van der Waals surface area contributed by atoms with Gasteiger partial charge < -0.3 is 10.1 Å². The summed E-state index contributed by atoms with van der Waals surface area (Å²) in [6, 6.07) is 7.89. The summed E-state index contributed by atoms with van der Waals surface area (Å²) in [6.07, 6.45) is 4.93. The van der Waals surface area contributed by atoms with E-state index in [1.807, 2.05) is 30.5 Å². The SMILES string of the molecule is O=C(O)Cc1cnc(-c2ccc3[nH]ccc3c2)nc1. The number of nitrogens with one attached hydrogen (secondary N) is 1. The average Bonchev–Trinajstić information content (AvgIpc) is 2.86. The van der Waals surface area contributed by atoms with Crippen LogP contribution in [0.1, 0.15) is 5.56 Å². The smallest absolute Gasteiger partial charge is 0.307 e. The molecule has 3 aromatic rings. The molecule has 3 rings (SSSR count). The fourth-order valence-electron chi connectivity index (χ4n) is 1.96. The molecule has 0 bridgehead atoms. The Labute approximate surface area is 109 Å². The predicted octanol–water partition coefficient (Wildman–Crippen LogP) is 2.25. The molecular formula is C14H11N3O2. The van der Waals surface area contributed by atoms with Crippen molar-refractivity contribution >= 4 is 16.9 Å². The Morgan fingerprint density at radius 3 is 2.74 bits per heavy atom. The Balaban J connectivity index is 1.94. The molecule has 1 aromatic carbocycles. The average molecular weight is 253 g/mol. The number of nitrogens with zero attached hydrogens (tertiary/aromatic N) is 2. The molecule has 0 spiro atoms. The second kappa shape index (κ2) is 4.53. The highest BCUT2D eigenvalue weighted by molar-refractivity contribution is 5.83. The molecule has 0 saturated heterocycles. The lowest BCUT2D eigenvalue weighted by Gasteiger charge is -2.01. The summed E-state index contributed by atoms with van der Waals surface area (Å²) in [6.45, 7) is 0. The van der Waals surface area contributed by atoms with Gasteiger partial charge in [0.1, 0.15) is 0 Å². The van der Waals surface area contributed by atoms with Crippen molar-refractivity contribution in [3.63, 3.8) is 0 Å². The zero-order chi connectivity index (χ0) is 13.2. The van der Waals surface area contributed by atoms with Crippen LogP contribution in [0.2, 0.25) is 0 Å². The first-order valence-corrected chi connectivity index (χ1v) is 5.82. The summed E-state index contributed by atoms with van der Waals surface area (Å²) in [5.41, 5.74) is 2.57. The number of benzene rings is 1. The topological polar surface area (TPSA) is 78.9 Å². The van der Waals surface area contributed by atoms with Gasteiger partial charge in [0.05, 0.1) is 6.42 Å². The van der Waals surface area contributed by atoms with Crippen molar-refractivity contribution in [2.75, 3.05) is 0 Å². The first-order valence-electron chi connectivity index (χ1n) is 5.82. The van der Waals surface area contributed by atoms with Gasteiger partial charge in [-0.2, -0.15) is 0 Å². The van der Waals surface area contributed by atoms with Crippen LogP contribution in [0, 0.1) is 0 Å². The van der Waals surface area contributed by atoms with Gasteiger partial charge in [-0.1, -0.05) is 0 Å². The number of rotatable bonds is 3. The molecule has 2 N–H and O–H groups in total. The predicted molar refractivity (Wildman–Crippen MR) is 70.7 cm³/mol. The largest absolute Gasteiger partial charge is 0.481 e. The number of H-pyrrole nitrogens is 1. The van der Waals surface area contributed by atoms with Gasteiger partial charge in [-0.15, -0.1) is 0 Å². The van der Waals surface area contributed by atoms with E-state index in [4.69, 9.17) is 5.11 Å². The van der Waals surface area contributed by atoms with Crippen molar-refractivity contribution in [1.82, 2.24) is 15.0 Å². The Hall–Kier alpha value is -2.69. The van der Waals surface area contributed by atoms with Gasteiger partial charge in [-0.3, -0.25) is 4.79 Å². The van der Waals surface area contributed by atoms with Crippen molar-refractivity contribution in [2.24, 2.45) is 0 Å². The van der Waals surface area contributed by atoms with Crippen LogP contribution >= 0.6 is 0 Å². The van der Waals surface area contributed by atoms with E-state index in [1.165, 1.54) is 0 Å². The van der Waals surface area contributed by atoms with E-state index in [-0.39, 0.29) is 6.42 Å². The van der Waals surface area contributed by atoms with E-state index in [9.17, 15) is 4.79 Å². The molecule has 0 saturated carbocycles. The monoisotopic (exact) mass is 253 g/mol. The Morgan fingerprint density at radius 2 is 2.00 bits per heavy atom. The Morgan fingerprint density at radius 1 is 1.21 bits per heavy atom. The number of aromatic nitrogens is 3. The molecule has 19 heavy (non-hydrogen) atoms. The maximum Gasteiger partial charge on any atom is 0.307 e. The lowest BCUT2D eigenvalue weighted by atomic mass is 10.1. The molecule has 94 valence electrons. The van der Waals surface area contributed by atoms with Crippen molar-refractivity contribution in [3.8, 4) is 11.4 Å². The summed E-state index contributed by atoms with van der Waals surface area (Å²) >= 11 is 0. The molecule has 0 aliphatic rings. The minimum Gasteiger partial charge on any atom is -0.481 e. The first-order chi connectivity index (χ1) is 9.22. The van der Waals surface area contributed by atoms with Crippen LogP contribution in [0.25, 0.3) is 22.3 Å². The quantitative estimate of drug-likeness (QED) is 0.750. The van der Waals surface area contributed by atoms with Crippen LogP contribution in [0.15, 0.2) is 42.9 Å². The highest BCUT2D eigenvalue weighted by Gasteiger charge is 2.05. The number of carboxylic acid groups (broad SMARTS) is 1. The maximum atomic E-state index is 10.6. The normalized spacial score (nSPS) is 10.7. The number of carboxylic acids is 1. The minimum atomic E-state index is -0.884. The van der Waals surface area contributed by atoms with Gasteiger partial charge in [-0.25, -0.2) is 9.97 Å². The third-order valence-corrected chi connectivity index (χ3v) is 2.87. The van der Waals surface area contributed by atoms with E-state index < -0.39 is 5.97 Å². The van der Waals surface area contributed by atoms with Gasteiger partial charge in [0, 0.05) is 35.1 Å². The number of fused-ring (bicyclic) bond motifs is 1. The first kappa shape index (κ1) is 11.4. The fourth-order valence-corrected chi connectivity index (χ4v) is 1.96. The Kier molecular flexibility index (Phi) is 2.72. The van der Waals surface area contributed by atoms with Gasteiger partial charge >= 0.3 is 5.97 Å². The third kappa shape index (κ3) is 2.30. The molecule has 0 aliphatic heterocycles. The molecule has 0 atom stereocenters. The number of aromatic amines is 1. The van der Waals surface area contributed by atoms with Crippen molar-refractivity contribution in [3.05, 3.63) is 48.4 Å². The summed E-state index contributed by atoms with van der Waals surface area (Å²) < 4.78 is 0. The van der Waals surface area contributed by atoms with E-state index in [0.717, 1.165) is 16.5 Å². The van der Waals surface area contributed by atoms with Crippen LogP contribution in [0.3, 0.4) is 0 Å². The number of hydrogen-bond donors (Lipinski definition) is 2. The molecule has 5 nitrogen and oxygen atoms in total. The summed E-state index contributed by atoms with van der Waals surface area (Å²) in [5, 5.41) is 9.78. The second-order valence-corrected chi connectivity index (χ2v) is 4.27. The summed E-state index contributed by atoms with van der Waals surface area (Å²) in [7, 11) is 0.